The number of carbonyl (C=O) groups is 2. The van der Waals surface area contributed by atoms with Crippen LogP contribution in [0.25, 0.3) is 22.2 Å². The summed E-state index contributed by atoms with van der Waals surface area (Å²) in [5, 5.41) is 3.84. The largest absolute Gasteiger partial charge is 0.378 e. The first-order valence-corrected chi connectivity index (χ1v) is 11.8. The minimum atomic E-state index is -0.162. The van der Waals surface area contributed by atoms with Crippen LogP contribution in [0.5, 0.6) is 0 Å². The molecule has 176 valence electrons. The second-order valence-electron chi connectivity index (χ2n) is 8.72. The van der Waals surface area contributed by atoms with E-state index in [-0.39, 0.29) is 11.8 Å². The molecule has 6 nitrogen and oxygen atoms in total. The Morgan fingerprint density at radius 2 is 1.66 bits per heavy atom. The Kier molecular flexibility index (Phi) is 6.55. The molecule has 1 aromatic heterocycles. The minimum Gasteiger partial charge on any atom is -0.378 e. The molecule has 5 rings (SSSR count). The fourth-order valence-electron chi connectivity index (χ4n) is 4.23. The lowest BCUT2D eigenvalue weighted by atomic mass is 10.0. The summed E-state index contributed by atoms with van der Waals surface area (Å²) < 4.78 is 5.32. The van der Waals surface area contributed by atoms with Gasteiger partial charge in [0.15, 0.2) is 0 Å². The van der Waals surface area contributed by atoms with Gasteiger partial charge in [-0.15, -0.1) is 0 Å². The smallest absolute Gasteiger partial charge is 0.254 e. The highest BCUT2D eigenvalue weighted by Crippen LogP contribution is 2.25. The van der Waals surface area contributed by atoms with Crippen molar-refractivity contribution in [1.29, 1.82) is 0 Å². The lowest BCUT2D eigenvalue weighted by Gasteiger charge is -2.26. The number of hydrogen-bond donors (Lipinski definition) is 1. The monoisotopic (exact) mass is 465 g/mol. The molecular weight excluding hydrogens is 438 g/mol. The average Bonchev–Trinajstić information content (AvgIpc) is 2.92. The molecule has 0 radical (unpaired) electrons. The van der Waals surface area contributed by atoms with Crippen LogP contribution in [-0.2, 0) is 11.3 Å². The Bertz CT molecular complexity index is 1360. The fourth-order valence-corrected chi connectivity index (χ4v) is 4.23. The van der Waals surface area contributed by atoms with Crippen LogP contribution in [0.1, 0.15) is 31.8 Å². The highest BCUT2D eigenvalue weighted by atomic mass is 16.5. The van der Waals surface area contributed by atoms with Crippen molar-refractivity contribution in [3.8, 4) is 11.3 Å². The van der Waals surface area contributed by atoms with E-state index in [9.17, 15) is 9.59 Å². The molecule has 35 heavy (non-hydrogen) atoms. The number of aryl methyl sites for hydroxylation is 1. The molecule has 0 bridgehead atoms. The van der Waals surface area contributed by atoms with E-state index < -0.39 is 0 Å². The van der Waals surface area contributed by atoms with Crippen molar-refractivity contribution in [2.75, 3.05) is 26.3 Å². The number of ether oxygens (including phenoxy) is 1. The average molecular weight is 466 g/mol. The molecule has 1 saturated heterocycles. The summed E-state index contributed by atoms with van der Waals surface area (Å²) in [5.74, 6) is -0.152. The summed E-state index contributed by atoms with van der Waals surface area (Å²) in [6.07, 6.45) is 0. The second kappa shape index (κ2) is 10.1. The quantitative estimate of drug-likeness (QED) is 0.467. The van der Waals surface area contributed by atoms with Gasteiger partial charge in [0, 0.05) is 36.1 Å². The van der Waals surface area contributed by atoms with E-state index in [0.717, 1.165) is 27.7 Å². The van der Waals surface area contributed by atoms with E-state index in [4.69, 9.17) is 9.72 Å². The molecule has 1 aliphatic heterocycles. The maximum atomic E-state index is 13.2. The molecule has 0 saturated carbocycles. The summed E-state index contributed by atoms with van der Waals surface area (Å²) in [6.45, 7) is 4.78. The third-order valence-electron chi connectivity index (χ3n) is 6.26. The highest BCUT2D eigenvalue weighted by molar-refractivity contribution is 6.07. The number of amides is 2. The molecule has 6 heteroatoms. The van der Waals surface area contributed by atoms with Crippen LogP contribution in [-0.4, -0.2) is 48.0 Å². The number of nitrogens with one attached hydrogen (secondary N) is 1. The third kappa shape index (κ3) is 5.08. The Hall–Kier alpha value is -4.03. The van der Waals surface area contributed by atoms with Gasteiger partial charge in [-0.1, -0.05) is 60.2 Å². The molecule has 1 N–H and O–H groups in total. The first-order valence-electron chi connectivity index (χ1n) is 11.8. The number of rotatable bonds is 5. The number of hydrogen-bond acceptors (Lipinski definition) is 4. The second-order valence-corrected chi connectivity index (χ2v) is 8.72. The first kappa shape index (κ1) is 22.7. The number of aromatic nitrogens is 1. The van der Waals surface area contributed by atoms with Crippen LogP contribution in [0.3, 0.4) is 0 Å². The zero-order valence-corrected chi connectivity index (χ0v) is 19.7. The molecule has 1 aliphatic rings. The van der Waals surface area contributed by atoms with Crippen molar-refractivity contribution >= 4 is 22.7 Å². The van der Waals surface area contributed by atoms with Gasteiger partial charge in [-0.3, -0.25) is 9.59 Å². The van der Waals surface area contributed by atoms with Crippen molar-refractivity contribution in [2.45, 2.75) is 13.5 Å². The van der Waals surface area contributed by atoms with Crippen LogP contribution in [0.15, 0.2) is 78.9 Å². The molecule has 2 amide bonds. The molecule has 1 fully saturated rings. The van der Waals surface area contributed by atoms with Gasteiger partial charge < -0.3 is 15.0 Å². The van der Waals surface area contributed by atoms with Crippen LogP contribution in [0.4, 0.5) is 0 Å². The van der Waals surface area contributed by atoms with Crippen molar-refractivity contribution in [3.63, 3.8) is 0 Å². The van der Waals surface area contributed by atoms with E-state index in [1.54, 1.807) is 4.90 Å². The van der Waals surface area contributed by atoms with Gasteiger partial charge in [-0.2, -0.15) is 0 Å². The van der Waals surface area contributed by atoms with Crippen LogP contribution in [0.2, 0.25) is 0 Å². The number of morpholine rings is 1. The van der Waals surface area contributed by atoms with Crippen molar-refractivity contribution in [3.05, 3.63) is 101 Å². The molecular formula is C29H27N3O3. The fraction of sp³-hybridized carbons (Fsp3) is 0.207. The van der Waals surface area contributed by atoms with Gasteiger partial charge in [-0.25, -0.2) is 4.98 Å². The Morgan fingerprint density at radius 3 is 2.40 bits per heavy atom. The summed E-state index contributed by atoms with van der Waals surface area (Å²) in [4.78, 5) is 32.5. The van der Waals surface area contributed by atoms with Gasteiger partial charge in [0.25, 0.3) is 11.8 Å². The molecule has 0 spiro atoms. The van der Waals surface area contributed by atoms with Gasteiger partial charge in [0.2, 0.25) is 0 Å². The van der Waals surface area contributed by atoms with Gasteiger partial charge in [0.05, 0.1) is 30.0 Å². The topological polar surface area (TPSA) is 71.5 Å². The number of pyridine rings is 1. The zero-order valence-electron chi connectivity index (χ0n) is 19.7. The predicted octanol–water partition coefficient (Wildman–Crippen LogP) is 4.61. The SMILES string of the molecule is Cc1ccc(-c2cc(C(=O)NCc3ccc(C(=O)N4CCOCC4)cc3)c3ccccc3n2)cc1. The normalized spacial score (nSPS) is 13.6. The van der Waals surface area contributed by atoms with Crippen molar-refractivity contribution in [1.82, 2.24) is 15.2 Å². The molecule has 0 atom stereocenters. The summed E-state index contributed by atoms with van der Waals surface area (Å²) >= 11 is 0. The maximum Gasteiger partial charge on any atom is 0.254 e. The molecule has 2 heterocycles. The van der Waals surface area contributed by atoms with E-state index >= 15 is 0 Å². The van der Waals surface area contributed by atoms with E-state index in [1.807, 2.05) is 85.8 Å². The van der Waals surface area contributed by atoms with Gasteiger partial charge in [-0.05, 0) is 36.8 Å². The summed E-state index contributed by atoms with van der Waals surface area (Å²) in [5.41, 5.74) is 5.84. The zero-order chi connectivity index (χ0) is 24.2. The lowest BCUT2D eigenvalue weighted by molar-refractivity contribution is 0.0303. The maximum absolute atomic E-state index is 13.2. The first-order chi connectivity index (χ1) is 17.1. The number of fused-ring (bicyclic) bond motifs is 1. The van der Waals surface area contributed by atoms with Crippen molar-refractivity contribution < 1.29 is 14.3 Å². The van der Waals surface area contributed by atoms with Crippen LogP contribution < -0.4 is 5.32 Å². The van der Waals surface area contributed by atoms with Crippen LogP contribution >= 0.6 is 0 Å². The minimum absolute atomic E-state index is 0.00998. The number of para-hydroxylation sites is 1. The predicted molar refractivity (Wildman–Crippen MR) is 136 cm³/mol. The van der Waals surface area contributed by atoms with E-state index in [1.165, 1.54) is 5.56 Å². The summed E-state index contributed by atoms with van der Waals surface area (Å²) in [7, 11) is 0. The molecule has 0 unspecified atom stereocenters. The number of carbonyl (C=O) groups excluding carboxylic acids is 2. The Labute approximate surface area is 204 Å². The Balaban J connectivity index is 1.33. The van der Waals surface area contributed by atoms with Gasteiger partial charge >= 0.3 is 0 Å². The molecule has 0 aliphatic carbocycles. The van der Waals surface area contributed by atoms with Crippen molar-refractivity contribution in [2.24, 2.45) is 0 Å². The summed E-state index contributed by atoms with van der Waals surface area (Å²) in [6, 6.07) is 25.1. The van der Waals surface area contributed by atoms with Crippen LogP contribution in [0, 0.1) is 6.92 Å². The van der Waals surface area contributed by atoms with Gasteiger partial charge in [0.1, 0.15) is 0 Å². The lowest BCUT2D eigenvalue weighted by Crippen LogP contribution is -2.40. The molecule has 3 aromatic carbocycles. The number of nitrogens with zero attached hydrogens (tertiary/aromatic N) is 2. The standard InChI is InChI=1S/C29H27N3O3/c1-20-6-10-22(11-7-20)27-18-25(24-4-2-3-5-26(24)31-27)28(33)30-19-21-8-12-23(13-9-21)29(34)32-14-16-35-17-15-32/h2-13,18H,14-17,19H2,1H3,(H,30,33). The third-order valence-corrected chi connectivity index (χ3v) is 6.26. The highest BCUT2D eigenvalue weighted by Gasteiger charge is 2.18. The molecule has 4 aromatic rings. The Morgan fingerprint density at radius 1 is 0.943 bits per heavy atom. The van der Waals surface area contributed by atoms with E-state index in [0.29, 0.717) is 44.0 Å². The number of benzene rings is 3. The van der Waals surface area contributed by atoms with E-state index in [2.05, 4.69) is 5.32 Å².